The second kappa shape index (κ2) is 6.55. The Bertz CT molecular complexity index is 436. The molecule has 0 aromatic heterocycles. The van der Waals surface area contributed by atoms with Gasteiger partial charge in [0.25, 0.3) is 0 Å². The lowest BCUT2D eigenvalue weighted by Gasteiger charge is -2.28. The molecule has 1 aliphatic rings. The number of nitrogens with one attached hydrogen (secondary N) is 2. The van der Waals surface area contributed by atoms with Crippen molar-refractivity contribution in [3.63, 3.8) is 0 Å². The van der Waals surface area contributed by atoms with Crippen molar-refractivity contribution in [1.82, 2.24) is 15.5 Å². The molecule has 0 aromatic carbocycles. The average Bonchev–Trinajstić information content (AvgIpc) is 2.68. The summed E-state index contributed by atoms with van der Waals surface area (Å²) in [5.74, 6) is -0.983. The molecule has 0 radical (unpaired) electrons. The number of aliphatic carboxylic acids is 1. The maximum atomic E-state index is 12.2. The lowest BCUT2D eigenvalue weighted by atomic mass is 10.1. The van der Waals surface area contributed by atoms with Crippen molar-refractivity contribution in [3.05, 3.63) is 0 Å². The van der Waals surface area contributed by atoms with E-state index in [-0.39, 0.29) is 11.3 Å². The molecule has 120 valence electrons. The fourth-order valence-corrected chi connectivity index (χ4v) is 3.11. The molecule has 0 bridgehead atoms. The van der Waals surface area contributed by atoms with Crippen molar-refractivity contribution in [2.24, 2.45) is 0 Å². The summed E-state index contributed by atoms with van der Waals surface area (Å²) >= 11 is 1.40. The van der Waals surface area contributed by atoms with Gasteiger partial charge in [0.2, 0.25) is 5.91 Å². The Hall–Kier alpha value is -1.44. The predicted octanol–water partition coefficient (Wildman–Crippen LogP) is 0.847. The Morgan fingerprint density at radius 1 is 1.33 bits per heavy atom. The van der Waals surface area contributed by atoms with Gasteiger partial charge in [0.05, 0.1) is 5.37 Å². The van der Waals surface area contributed by atoms with Crippen LogP contribution < -0.4 is 10.6 Å². The number of carbonyl (C=O) groups is 3. The largest absolute Gasteiger partial charge is 0.480 e. The van der Waals surface area contributed by atoms with E-state index in [0.717, 1.165) is 0 Å². The number of urea groups is 1. The van der Waals surface area contributed by atoms with Crippen molar-refractivity contribution >= 4 is 29.7 Å². The maximum Gasteiger partial charge on any atom is 0.327 e. The van der Waals surface area contributed by atoms with Crippen molar-refractivity contribution in [1.29, 1.82) is 0 Å². The second-order valence-electron chi connectivity index (χ2n) is 6.10. The number of carboxylic acid groups (broad SMARTS) is 1. The number of hydrogen-bond donors (Lipinski definition) is 3. The summed E-state index contributed by atoms with van der Waals surface area (Å²) in [6.07, 6.45) is 0. The van der Waals surface area contributed by atoms with Crippen molar-refractivity contribution in [2.75, 3.05) is 5.75 Å². The fraction of sp³-hybridized carbons (Fsp3) is 0.769. The van der Waals surface area contributed by atoms with Crippen LogP contribution in [0.25, 0.3) is 0 Å². The highest BCUT2D eigenvalue weighted by atomic mass is 32.2. The Kier molecular flexibility index (Phi) is 5.49. The first-order chi connectivity index (χ1) is 9.53. The summed E-state index contributed by atoms with van der Waals surface area (Å²) in [5, 5.41) is 14.2. The van der Waals surface area contributed by atoms with Crippen molar-refractivity contribution < 1.29 is 19.5 Å². The molecule has 1 heterocycles. The SMILES string of the molecule is CC(NC(=O)N1C(C)SCC1C(=O)O)C(=O)NC(C)(C)C. The number of amides is 3. The van der Waals surface area contributed by atoms with Crippen LogP contribution in [0, 0.1) is 0 Å². The normalized spacial score (nSPS) is 23.6. The first kappa shape index (κ1) is 17.6. The Morgan fingerprint density at radius 3 is 2.38 bits per heavy atom. The number of thioether (sulfide) groups is 1. The summed E-state index contributed by atoms with van der Waals surface area (Å²) in [4.78, 5) is 36.6. The molecule has 0 spiro atoms. The van der Waals surface area contributed by atoms with E-state index in [1.807, 2.05) is 20.8 Å². The van der Waals surface area contributed by atoms with E-state index in [0.29, 0.717) is 5.75 Å². The minimum Gasteiger partial charge on any atom is -0.480 e. The summed E-state index contributed by atoms with van der Waals surface area (Å²) in [6.45, 7) is 8.88. The van der Waals surface area contributed by atoms with Gasteiger partial charge in [-0.25, -0.2) is 9.59 Å². The highest BCUT2D eigenvalue weighted by molar-refractivity contribution is 8.00. The number of nitrogens with zero attached hydrogens (tertiary/aromatic N) is 1. The predicted molar refractivity (Wildman–Crippen MR) is 81.1 cm³/mol. The zero-order valence-electron chi connectivity index (χ0n) is 13.0. The molecule has 0 saturated carbocycles. The molecule has 3 amide bonds. The van der Waals surface area contributed by atoms with Crippen LogP contribution in [0.15, 0.2) is 0 Å². The average molecular weight is 317 g/mol. The molecule has 21 heavy (non-hydrogen) atoms. The van der Waals surface area contributed by atoms with Crippen LogP contribution in [0.3, 0.4) is 0 Å². The fourth-order valence-electron chi connectivity index (χ4n) is 1.94. The highest BCUT2D eigenvalue weighted by Crippen LogP contribution is 2.28. The highest BCUT2D eigenvalue weighted by Gasteiger charge is 2.40. The van der Waals surface area contributed by atoms with E-state index in [9.17, 15) is 14.4 Å². The molecule has 0 aliphatic carbocycles. The van der Waals surface area contributed by atoms with Gasteiger partial charge in [-0.2, -0.15) is 0 Å². The van der Waals surface area contributed by atoms with Crippen LogP contribution in [-0.2, 0) is 9.59 Å². The van der Waals surface area contributed by atoms with E-state index in [2.05, 4.69) is 10.6 Å². The van der Waals surface area contributed by atoms with Gasteiger partial charge in [-0.05, 0) is 34.6 Å². The van der Waals surface area contributed by atoms with E-state index < -0.39 is 29.6 Å². The van der Waals surface area contributed by atoms with Crippen LogP contribution in [0.2, 0.25) is 0 Å². The Morgan fingerprint density at radius 2 is 1.90 bits per heavy atom. The van der Waals surface area contributed by atoms with Gasteiger partial charge in [-0.3, -0.25) is 9.69 Å². The van der Waals surface area contributed by atoms with Crippen LogP contribution >= 0.6 is 11.8 Å². The smallest absolute Gasteiger partial charge is 0.327 e. The van der Waals surface area contributed by atoms with Gasteiger partial charge in [-0.15, -0.1) is 11.8 Å². The van der Waals surface area contributed by atoms with Gasteiger partial charge < -0.3 is 15.7 Å². The molecule has 3 N–H and O–H groups in total. The Labute approximate surface area is 128 Å². The van der Waals surface area contributed by atoms with Gasteiger partial charge in [0, 0.05) is 11.3 Å². The third kappa shape index (κ3) is 4.80. The zero-order valence-corrected chi connectivity index (χ0v) is 13.8. The van der Waals surface area contributed by atoms with E-state index >= 15 is 0 Å². The van der Waals surface area contributed by atoms with E-state index in [1.165, 1.54) is 16.7 Å². The minimum atomic E-state index is -1.03. The summed E-state index contributed by atoms with van der Waals surface area (Å²) in [5.41, 5.74) is -0.392. The molecular formula is C13H23N3O4S. The first-order valence-corrected chi connectivity index (χ1v) is 7.83. The molecule has 3 unspecified atom stereocenters. The molecule has 7 nitrogen and oxygen atoms in total. The van der Waals surface area contributed by atoms with Crippen LogP contribution in [-0.4, -0.2) is 56.7 Å². The monoisotopic (exact) mass is 317 g/mol. The molecular weight excluding hydrogens is 294 g/mol. The maximum absolute atomic E-state index is 12.2. The lowest BCUT2D eigenvalue weighted by Crippen LogP contribution is -2.56. The summed E-state index contributed by atoms with van der Waals surface area (Å²) in [7, 11) is 0. The summed E-state index contributed by atoms with van der Waals surface area (Å²) < 4.78 is 0. The van der Waals surface area contributed by atoms with Crippen LogP contribution in [0.5, 0.6) is 0 Å². The molecule has 3 atom stereocenters. The number of rotatable bonds is 3. The van der Waals surface area contributed by atoms with Crippen molar-refractivity contribution in [3.8, 4) is 0 Å². The first-order valence-electron chi connectivity index (χ1n) is 6.78. The number of hydrogen-bond acceptors (Lipinski definition) is 4. The molecule has 1 rings (SSSR count). The number of carbonyl (C=O) groups excluding carboxylic acids is 2. The van der Waals surface area contributed by atoms with Gasteiger partial charge in [0.1, 0.15) is 12.1 Å². The minimum absolute atomic E-state index is 0.232. The molecule has 0 aromatic rings. The molecule has 1 fully saturated rings. The quantitative estimate of drug-likeness (QED) is 0.716. The Balaban J connectivity index is 2.67. The zero-order chi connectivity index (χ0) is 16.4. The third-order valence-electron chi connectivity index (χ3n) is 2.97. The van der Waals surface area contributed by atoms with E-state index in [1.54, 1.807) is 13.8 Å². The lowest BCUT2D eigenvalue weighted by molar-refractivity contribution is -0.141. The van der Waals surface area contributed by atoms with Gasteiger partial charge >= 0.3 is 12.0 Å². The third-order valence-corrected chi connectivity index (χ3v) is 4.19. The topological polar surface area (TPSA) is 98.7 Å². The van der Waals surface area contributed by atoms with Gasteiger partial charge in [0.15, 0.2) is 0 Å². The van der Waals surface area contributed by atoms with Crippen LogP contribution in [0.1, 0.15) is 34.6 Å². The molecule has 1 aliphatic heterocycles. The van der Waals surface area contributed by atoms with Crippen molar-refractivity contribution in [2.45, 2.75) is 57.6 Å². The van der Waals surface area contributed by atoms with Crippen LogP contribution in [0.4, 0.5) is 4.79 Å². The standard InChI is InChI=1S/C13H23N3O4S/c1-7(10(17)15-13(3,4)5)14-12(20)16-8(2)21-6-9(16)11(18)19/h7-9H,6H2,1-5H3,(H,14,20)(H,15,17)(H,18,19). The van der Waals surface area contributed by atoms with Gasteiger partial charge in [-0.1, -0.05) is 0 Å². The number of carboxylic acids is 1. The molecule has 8 heteroatoms. The second-order valence-corrected chi connectivity index (χ2v) is 7.45. The van der Waals surface area contributed by atoms with E-state index in [4.69, 9.17) is 5.11 Å². The summed E-state index contributed by atoms with van der Waals surface area (Å²) in [6, 6.07) is -2.12. The molecule has 1 saturated heterocycles.